The maximum Gasteiger partial charge on any atom is 0.410 e. The van der Waals surface area contributed by atoms with E-state index in [0.717, 1.165) is 0 Å². The number of nitrogens with zero attached hydrogens (tertiary/aromatic N) is 3. The van der Waals surface area contributed by atoms with Crippen LogP contribution in [0.15, 0.2) is 24.3 Å². The Balaban J connectivity index is 1.78. The monoisotopic (exact) mass is 461 g/mol. The molecular formula is C24H32FN3O5. The zero-order valence-electron chi connectivity index (χ0n) is 19.7. The minimum absolute atomic E-state index is 0.134. The van der Waals surface area contributed by atoms with E-state index >= 15 is 4.39 Å². The van der Waals surface area contributed by atoms with Crippen LogP contribution in [0.3, 0.4) is 0 Å². The first-order valence-electron chi connectivity index (χ1n) is 11.3. The summed E-state index contributed by atoms with van der Waals surface area (Å²) in [7, 11) is 0. The number of ether oxygens (including phenoxy) is 3. The molecule has 0 aromatic heterocycles. The lowest BCUT2D eigenvalue weighted by molar-refractivity contribution is -0.267. The fourth-order valence-electron chi connectivity index (χ4n) is 3.72. The van der Waals surface area contributed by atoms with Crippen LogP contribution >= 0.6 is 0 Å². The van der Waals surface area contributed by atoms with Crippen molar-refractivity contribution in [3.63, 3.8) is 0 Å². The van der Waals surface area contributed by atoms with Crippen molar-refractivity contribution in [3.05, 3.63) is 35.4 Å². The van der Waals surface area contributed by atoms with Crippen molar-refractivity contribution in [2.45, 2.75) is 52.1 Å². The highest BCUT2D eigenvalue weighted by Crippen LogP contribution is 2.49. The maximum absolute atomic E-state index is 16.6. The number of piperazine rings is 1. The number of nitriles is 1. The topological polar surface area (TPSA) is 92.1 Å². The van der Waals surface area contributed by atoms with E-state index in [1.807, 2.05) is 6.07 Å². The summed E-state index contributed by atoms with van der Waals surface area (Å²) in [4.78, 5) is 27.8. The number of halogens is 1. The predicted octanol–water partition coefficient (Wildman–Crippen LogP) is 3.55. The molecule has 1 unspecified atom stereocenters. The third-order valence-electron chi connectivity index (χ3n) is 5.79. The molecule has 3 rings (SSSR count). The number of rotatable bonds is 7. The lowest BCUT2D eigenvalue weighted by atomic mass is 10.1. The number of benzene rings is 1. The highest BCUT2D eigenvalue weighted by Gasteiger charge is 2.54. The molecule has 2 aliphatic rings. The van der Waals surface area contributed by atoms with Gasteiger partial charge in [-0.1, -0.05) is 12.1 Å². The Hall–Kier alpha value is -2.70. The van der Waals surface area contributed by atoms with Crippen molar-refractivity contribution in [3.8, 4) is 6.07 Å². The Morgan fingerprint density at radius 2 is 1.85 bits per heavy atom. The number of amides is 1. The molecule has 1 saturated heterocycles. The van der Waals surface area contributed by atoms with Gasteiger partial charge < -0.3 is 19.1 Å². The molecule has 1 amide bonds. The van der Waals surface area contributed by atoms with Crippen molar-refractivity contribution in [1.82, 2.24) is 9.80 Å². The molecule has 1 atom stereocenters. The Morgan fingerprint density at radius 1 is 1.18 bits per heavy atom. The van der Waals surface area contributed by atoms with Gasteiger partial charge in [-0.3, -0.25) is 4.79 Å². The van der Waals surface area contributed by atoms with Crippen LogP contribution in [0.25, 0.3) is 0 Å². The molecule has 0 radical (unpaired) electrons. The molecular weight excluding hydrogens is 429 g/mol. The van der Waals surface area contributed by atoms with Gasteiger partial charge in [0.1, 0.15) is 5.60 Å². The molecule has 180 valence electrons. The van der Waals surface area contributed by atoms with Gasteiger partial charge in [-0.15, -0.1) is 0 Å². The van der Waals surface area contributed by atoms with Gasteiger partial charge in [0, 0.05) is 31.7 Å². The molecule has 9 heteroatoms. The minimum atomic E-state index is -2.37. The first-order chi connectivity index (χ1) is 15.5. The van der Waals surface area contributed by atoms with E-state index in [2.05, 4.69) is 0 Å². The van der Waals surface area contributed by atoms with E-state index in [-0.39, 0.29) is 50.9 Å². The number of hydrogen-bond donors (Lipinski definition) is 0. The van der Waals surface area contributed by atoms with E-state index in [9.17, 15) is 14.9 Å². The van der Waals surface area contributed by atoms with Gasteiger partial charge in [-0.2, -0.15) is 9.65 Å². The quantitative estimate of drug-likeness (QED) is 0.453. The Labute approximate surface area is 194 Å². The van der Waals surface area contributed by atoms with Crippen LogP contribution in [0.2, 0.25) is 0 Å². The van der Waals surface area contributed by atoms with Crippen LogP contribution in [-0.4, -0.2) is 66.9 Å². The van der Waals surface area contributed by atoms with Gasteiger partial charge in [-0.05, 0) is 52.7 Å². The second-order valence-electron chi connectivity index (χ2n) is 9.50. The highest BCUT2D eigenvalue weighted by atomic mass is 19.2. The van der Waals surface area contributed by atoms with Gasteiger partial charge in [0.15, 0.2) is 0 Å². The van der Waals surface area contributed by atoms with Crippen LogP contribution in [0.5, 0.6) is 0 Å². The molecule has 33 heavy (non-hydrogen) atoms. The van der Waals surface area contributed by atoms with E-state index in [1.165, 1.54) is 15.9 Å². The summed E-state index contributed by atoms with van der Waals surface area (Å²) in [6.45, 7) is 8.12. The smallest absolute Gasteiger partial charge is 0.410 e. The standard InChI is InChI=1S/C24H32FN3O5/c1-5-31-20(29)23(9-10-23)17-32-24(25,19-8-6-7-18(15-19)16-26)28-13-11-27(12-14-28)21(30)33-22(2,3)4/h6-8,15H,5,9-14,17H2,1-4H3. The third kappa shape index (κ3) is 5.81. The third-order valence-corrected chi connectivity index (χ3v) is 5.79. The molecule has 1 aromatic rings. The lowest BCUT2D eigenvalue weighted by Crippen LogP contribution is -2.56. The Morgan fingerprint density at radius 3 is 2.39 bits per heavy atom. The molecule has 0 spiro atoms. The molecule has 1 saturated carbocycles. The number of esters is 1. The van der Waals surface area contributed by atoms with Crippen molar-refractivity contribution < 1.29 is 28.2 Å². The summed E-state index contributed by atoms with van der Waals surface area (Å²) < 4.78 is 33.0. The average Bonchev–Trinajstić information content (AvgIpc) is 3.58. The van der Waals surface area contributed by atoms with Gasteiger partial charge >= 0.3 is 12.1 Å². The van der Waals surface area contributed by atoms with Crippen LogP contribution in [-0.2, 0) is 25.0 Å². The van der Waals surface area contributed by atoms with Crippen molar-refractivity contribution in [1.29, 1.82) is 5.26 Å². The molecule has 2 fully saturated rings. The lowest BCUT2D eigenvalue weighted by Gasteiger charge is -2.43. The molecule has 1 aliphatic carbocycles. The van der Waals surface area contributed by atoms with Gasteiger partial charge in [0.05, 0.1) is 30.3 Å². The number of alkyl halides is 1. The molecule has 0 bridgehead atoms. The van der Waals surface area contributed by atoms with Crippen LogP contribution < -0.4 is 0 Å². The fourth-order valence-corrected chi connectivity index (χ4v) is 3.72. The summed E-state index contributed by atoms with van der Waals surface area (Å²) in [5.74, 6) is -2.75. The van der Waals surface area contributed by atoms with Crippen molar-refractivity contribution in [2.24, 2.45) is 5.41 Å². The predicted molar refractivity (Wildman–Crippen MR) is 118 cm³/mol. The van der Waals surface area contributed by atoms with Crippen molar-refractivity contribution in [2.75, 3.05) is 39.4 Å². The first-order valence-corrected chi connectivity index (χ1v) is 11.3. The summed E-state index contributed by atoms with van der Waals surface area (Å²) in [5, 5.41) is 9.28. The molecule has 0 N–H and O–H groups in total. The highest BCUT2D eigenvalue weighted by molar-refractivity contribution is 5.80. The van der Waals surface area contributed by atoms with E-state index < -0.39 is 23.1 Å². The van der Waals surface area contributed by atoms with Gasteiger partial charge in [0.25, 0.3) is 5.98 Å². The van der Waals surface area contributed by atoms with Crippen LogP contribution in [0, 0.1) is 16.7 Å². The SMILES string of the molecule is CCOC(=O)C1(COC(F)(c2cccc(C#N)c2)N2CCN(C(=O)OC(C)(C)C)CC2)CC1. The molecule has 1 heterocycles. The van der Waals surface area contributed by atoms with E-state index in [4.69, 9.17) is 14.2 Å². The summed E-state index contributed by atoms with van der Waals surface area (Å²) in [6, 6.07) is 8.22. The minimum Gasteiger partial charge on any atom is -0.465 e. The zero-order chi connectivity index (χ0) is 24.3. The molecule has 1 aromatic carbocycles. The summed E-state index contributed by atoms with van der Waals surface area (Å²) in [6.07, 6.45) is 0.706. The Bertz CT molecular complexity index is 913. The van der Waals surface area contributed by atoms with Gasteiger partial charge in [0.2, 0.25) is 0 Å². The Kier molecular flexibility index (Phi) is 7.29. The average molecular weight is 462 g/mol. The zero-order valence-corrected chi connectivity index (χ0v) is 19.7. The summed E-state index contributed by atoms with van der Waals surface area (Å²) >= 11 is 0. The van der Waals surface area contributed by atoms with Crippen molar-refractivity contribution >= 4 is 12.1 Å². The van der Waals surface area contributed by atoms with Crippen LogP contribution in [0.4, 0.5) is 9.18 Å². The second-order valence-corrected chi connectivity index (χ2v) is 9.50. The van der Waals surface area contributed by atoms with E-state index in [0.29, 0.717) is 18.4 Å². The number of hydrogen-bond acceptors (Lipinski definition) is 7. The van der Waals surface area contributed by atoms with Crippen LogP contribution in [0.1, 0.15) is 51.7 Å². The second kappa shape index (κ2) is 9.65. The fraction of sp³-hybridized carbons (Fsp3) is 0.625. The largest absolute Gasteiger partial charge is 0.465 e. The number of carbonyl (C=O) groups excluding carboxylic acids is 2. The first kappa shape index (κ1) is 24.9. The van der Waals surface area contributed by atoms with E-state index in [1.54, 1.807) is 45.9 Å². The summed E-state index contributed by atoms with van der Waals surface area (Å²) in [5.41, 5.74) is -0.979. The molecule has 1 aliphatic heterocycles. The maximum atomic E-state index is 16.6. The normalized spacial score (nSPS) is 19.8. The number of carbonyl (C=O) groups is 2. The molecule has 8 nitrogen and oxygen atoms in total. The van der Waals surface area contributed by atoms with Gasteiger partial charge in [-0.25, -0.2) is 9.69 Å².